The van der Waals surface area contributed by atoms with Crippen molar-refractivity contribution in [1.82, 2.24) is 0 Å². The van der Waals surface area contributed by atoms with E-state index in [4.69, 9.17) is 21.7 Å². The fourth-order valence-electron chi connectivity index (χ4n) is 3.74. The molecule has 0 saturated heterocycles. The molecule has 2 aliphatic rings. The Morgan fingerprint density at radius 1 is 0.969 bits per heavy atom. The first-order valence-electron chi connectivity index (χ1n) is 9.90. The molecule has 1 N–H and O–H groups in total. The van der Waals surface area contributed by atoms with Crippen molar-refractivity contribution in [1.29, 1.82) is 0 Å². The van der Waals surface area contributed by atoms with Crippen LogP contribution in [-0.4, -0.2) is 36.6 Å². The van der Waals surface area contributed by atoms with Crippen molar-refractivity contribution in [3.05, 3.63) is 75.8 Å². The molecule has 6 nitrogen and oxygen atoms in total. The Hall–Kier alpha value is -3.10. The molecular formula is C24H22N2O4S2. The third-order valence-corrected chi connectivity index (χ3v) is 7.12. The number of methoxy groups -OCH3 is 2. The lowest BCUT2D eigenvalue weighted by Gasteiger charge is -2.38. The van der Waals surface area contributed by atoms with Gasteiger partial charge in [-0.25, -0.2) is 9.59 Å². The van der Waals surface area contributed by atoms with Crippen molar-refractivity contribution in [3.63, 3.8) is 0 Å². The van der Waals surface area contributed by atoms with Crippen molar-refractivity contribution in [2.45, 2.75) is 19.4 Å². The number of fused-ring (bicyclic) bond motifs is 1. The summed E-state index contributed by atoms with van der Waals surface area (Å²) < 4.78 is 10.1. The predicted molar refractivity (Wildman–Crippen MR) is 131 cm³/mol. The predicted octanol–water partition coefficient (Wildman–Crippen LogP) is 4.74. The van der Waals surface area contributed by atoms with E-state index < -0.39 is 17.5 Å². The van der Waals surface area contributed by atoms with Gasteiger partial charge < -0.3 is 14.8 Å². The summed E-state index contributed by atoms with van der Waals surface area (Å²) in [6.45, 7) is 4.02. The van der Waals surface area contributed by atoms with Crippen molar-refractivity contribution in [3.8, 4) is 0 Å². The van der Waals surface area contributed by atoms with Gasteiger partial charge in [-0.15, -0.1) is 0 Å². The van der Waals surface area contributed by atoms with E-state index >= 15 is 0 Å². The smallest absolute Gasteiger partial charge is 0.356 e. The highest BCUT2D eigenvalue weighted by Crippen LogP contribution is 2.51. The number of ether oxygens (including phenoxy) is 2. The molecule has 2 heterocycles. The van der Waals surface area contributed by atoms with Crippen LogP contribution in [0.15, 0.2) is 70.2 Å². The number of benzene rings is 2. The van der Waals surface area contributed by atoms with Gasteiger partial charge in [-0.2, -0.15) is 0 Å². The van der Waals surface area contributed by atoms with Crippen molar-refractivity contribution in [2.24, 2.45) is 0 Å². The van der Waals surface area contributed by atoms with Gasteiger partial charge >= 0.3 is 11.9 Å². The van der Waals surface area contributed by atoms with Crippen LogP contribution in [0.4, 0.5) is 11.4 Å². The number of hydrogen-bond donors (Lipinski definition) is 1. The Morgan fingerprint density at radius 3 is 2.25 bits per heavy atom. The summed E-state index contributed by atoms with van der Waals surface area (Å²) >= 11 is 7.10. The Labute approximate surface area is 196 Å². The minimum absolute atomic E-state index is 0.106. The Bertz CT molecular complexity index is 1190. The number of thiocarbonyl (C=S) groups is 1. The summed E-state index contributed by atoms with van der Waals surface area (Å²) in [6.07, 6.45) is 0. The van der Waals surface area contributed by atoms with Crippen LogP contribution in [0.3, 0.4) is 0 Å². The molecule has 0 bridgehead atoms. The fraction of sp³-hybridized carbons (Fsp3) is 0.208. The molecule has 0 radical (unpaired) electrons. The first-order chi connectivity index (χ1) is 15.3. The topological polar surface area (TPSA) is 67.9 Å². The van der Waals surface area contributed by atoms with E-state index in [9.17, 15) is 9.59 Å². The molecule has 32 heavy (non-hydrogen) atoms. The molecule has 0 unspecified atom stereocenters. The lowest BCUT2D eigenvalue weighted by Crippen LogP contribution is -2.44. The lowest BCUT2D eigenvalue weighted by atomic mass is 9.85. The highest BCUT2D eigenvalue weighted by Gasteiger charge is 2.43. The highest BCUT2D eigenvalue weighted by atomic mass is 32.2. The van der Waals surface area contributed by atoms with Gasteiger partial charge in [0.1, 0.15) is 4.91 Å². The quantitative estimate of drug-likeness (QED) is 0.395. The molecule has 2 aromatic rings. The maximum atomic E-state index is 12.9. The summed E-state index contributed by atoms with van der Waals surface area (Å²) in [5, 5.41) is 4.14. The summed E-state index contributed by atoms with van der Waals surface area (Å²) in [5.41, 5.74) is 2.90. The second kappa shape index (κ2) is 8.44. The zero-order valence-corrected chi connectivity index (χ0v) is 19.7. The highest BCUT2D eigenvalue weighted by molar-refractivity contribution is 8.08. The summed E-state index contributed by atoms with van der Waals surface area (Å²) in [7, 11) is 2.58. The van der Waals surface area contributed by atoms with Crippen molar-refractivity contribution < 1.29 is 19.1 Å². The molecule has 0 saturated carbocycles. The zero-order chi connectivity index (χ0) is 23.0. The second-order valence-electron chi connectivity index (χ2n) is 7.74. The average Bonchev–Trinajstić information content (AvgIpc) is 3.19. The SMILES string of the molecule is COC(=O)C1=C(C(=O)OC)N(c2ccccc2)/C(=C2\C(=S)C(C)(C)Nc3ccccc32)S1. The summed E-state index contributed by atoms with van der Waals surface area (Å²) in [4.78, 5) is 28.2. The van der Waals surface area contributed by atoms with Crippen LogP contribution in [-0.2, 0) is 19.1 Å². The second-order valence-corrected chi connectivity index (χ2v) is 9.15. The number of thioether (sulfide) groups is 1. The number of carbonyl (C=O) groups is 2. The van der Waals surface area contributed by atoms with Gasteiger partial charge in [-0.3, -0.25) is 4.90 Å². The van der Waals surface area contributed by atoms with E-state index in [0.29, 0.717) is 15.6 Å². The van der Waals surface area contributed by atoms with Crippen molar-refractivity contribution in [2.75, 3.05) is 24.4 Å². The van der Waals surface area contributed by atoms with Crippen LogP contribution in [0, 0.1) is 0 Å². The number of anilines is 2. The third-order valence-electron chi connectivity index (χ3n) is 5.26. The average molecular weight is 467 g/mol. The first kappa shape index (κ1) is 22.1. The fourth-order valence-corrected chi connectivity index (χ4v) is 5.30. The van der Waals surface area contributed by atoms with Crippen LogP contribution in [0.1, 0.15) is 19.4 Å². The van der Waals surface area contributed by atoms with Crippen LogP contribution in [0.2, 0.25) is 0 Å². The molecular weight excluding hydrogens is 444 g/mol. The van der Waals surface area contributed by atoms with Crippen LogP contribution in [0.5, 0.6) is 0 Å². The molecule has 0 aromatic heterocycles. The van der Waals surface area contributed by atoms with E-state index in [-0.39, 0.29) is 10.6 Å². The number of nitrogens with zero attached hydrogens (tertiary/aromatic N) is 1. The van der Waals surface area contributed by atoms with E-state index in [1.807, 2.05) is 68.4 Å². The van der Waals surface area contributed by atoms with E-state index in [2.05, 4.69) is 5.32 Å². The molecule has 164 valence electrons. The van der Waals surface area contributed by atoms with E-state index in [1.165, 1.54) is 26.0 Å². The van der Waals surface area contributed by atoms with Crippen molar-refractivity contribution >= 4 is 57.7 Å². The molecule has 0 fully saturated rings. The maximum absolute atomic E-state index is 12.9. The van der Waals surface area contributed by atoms with E-state index in [1.54, 1.807) is 4.90 Å². The third kappa shape index (κ3) is 3.59. The normalized spacial score (nSPS) is 19.4. The number of hydrogen-bond acceptors (Lipinski definition) is 8. The van der Waals surface area contributed by atoms with Gasteiger partial charge in [-0.05, 0) is 32.0 Å². The van der Waals surface area contributed by atoms with Gasteiger partial charge in [0.25, 0.3) is 0 Å². The first-order valence-corrected chi connectivity index (χ1v) is 11.1. The van der Waals surface area contributed by atoms with Gasteiger partial charge in [-0.1, -0.05) is 60.4 Å². The van der Waals surface area contributed by atoms with Crippen LogP contribution >= 0.6 is 24.0 Å². The number of para-hydroxylation sites is 2. The summed E-state index contributed by atoms with van der Waals surface area (Å²) in [5.74, 6) is -1.25. The summed E-state index contributed by atoms with van der Waals surface area (Å²) in [6, 6.07) is 17.2. The van der Waals surface area contributed by atoms with Gasteiger partial charge in [0, 0.05) is 22.5 Å². The Balaban J connectivity index is 2.06. The number of esters is 2. The van der Waals surface area contributed by atoms with Gasteiger partial charge in [0.15, 0.2) is 5.70 Å². The molecule has 0 spiro atoms. The zero-order valence-electron chi connectivity index (χ0n) is 18.1. The minimum atomic E-state index is -0.634. The lowest BCUT2D eigenvalue weighted by molar-refractivity contribution is -0.138. The van der Waals surface area contributed by atoms with Crippen LogP contribution in [0.25, 0.3) is 5.57 Å². The molecule has 0 atom stereocenters. The monoisotopic (exact) mass is 466 g/mol. The Morgan fingerprint density at radius 2 is 1.59 bits per heavy atom. The largest absolute Gasteiger partial charge is 0.465 e. The number of rotatable bonds is 3. The molecule has 2 aliphatic heterocycles. The molecule has 0 aliphatic carbocycles. The molecule has 4 rings (SSSR count). The Kier molecular flexibility index (Phi) is 5.83. The van der Waals surface area contributed by atoms with Gasteiger partial charge in [0.2, 0.25) is 0 Å². The standard InChI is InChI=1S/C24H22N2O4S2/c1-24(2)20(31)17(15-12-8-9-13-16(15)25-24)21-26(14-10-6-5-7-11-14)18(22(27)29-3)19(32-21)23(28)30-4/h5-13,25H,1-4H3/b21-17+. The maximum Gasteiger partial charge on any atom is 0.356 e. The molecule has 8 heteroatoms. The number of carbonyl (C=O) groups excluding carboxylic acids is 2. The molecule has 2 aromatic carbocycles. The minimum Gasteiger partial charge on any atom is -0.465 e. The van der Waals surface area contributed by atoms with E-state index in [0.717, 1.165) is 16.8 Å². The number of nitrogens with one attached hydrogen (secondary N) is 1. The molecule has 0 amide bonds. The van der Waals surface area contributed by atoms with Gasteiger partial charge in [0.05, 0.1) is 29.7 Å². The van der Waals surface area contributed by atoms with Crippen LogP contribution < -0.4 is 10.2 Å².